The molecule has 0 spiro atoms. The molecule has 136 valence electrons. The molecule has 0 aromatic carbocycles. The number of hydrogen-bond donors (Lipinski definition) is 1. The molecule has 1 saturated heterocycles. The monoisotopic (exact) mass is 346 g/mol. The molecule has 25 heavy (non-hydrogen) atoms. The Morgan fingerprint density at radius 3 is 2.76 bits per heavy atom. The Morgan fingerprint density at radius 1 is 1.28 bits per heavy atom. The van der Waals surface area contributed by atoms with Gasteiger partial charge in [-0.05, 0) is 50.4 Å². The molecule has 4 atom stereocenters. The second-order valence-electron chi connectivity index (χ2n) is 8.70. The molecule has 4 bridgehead atoms. The van der Waals surface area contributed by atoms with Crippen molar-refractivity contribution in [3.05, 3.63) is 12.7 Å². The number of ether oxygens (including phenoxy) is 2. The van der Waals surface area contributed by atoms with E-state index in [0.29, 0.717) is 25.0 Å². The summed E-state index contributed by atoms with van der Waals surface area (Å²) in [7, 11) is 1.68. The number of rotatable bonds is 4. The van der Waals surface area contributed by atoms with Crippen molar-refractivity contribution in [1.82, 2.24) is 20.1 Å². The number of aromatic nitrogens is 3. The summed E-state index contributed by atoms with van der Waals surface area (Å²) in [6.07, 6.45) is 9.85. The summed E-state index contributed by atoms with van der Waals surface area (Å²) in [5, 5.41) is 7.72. The van der Waals surface area contributed by atoms with E-state index in [4.69, 9.17) is 9.47 Å². The van der Waals surface area contributed by atoms with Crippen molar-refractivity contribution in [2.45, 2.75) is 56.2 Å². The van der Waals surface area contributed by atoms with E-state index in [1.54, 1.807) is 13.4 Å². The molecule has 7 heteroatoms. The zero-order valence-corrected chi connectivity index (χ0v) is 14.7. The maximum Gasteiger partial charge on any atom is 0.226 e. The highest BCUT2D eigenvalue weighted by atomic mass is 16.5. The summed E-state index contributed by atoms with van der Waals surface area (Å²) in [6.45, 7) is 1.10. The van der Waals surface area contributed by atoms with E-state index < -0.39 is 0 Å². The van der Waals surface area contributed by atoms with Gasteiger partial charge < -0.3 is 14.8 Å². The van der Waals surface area contributed by atoms with E-state index in [-0.39, 0.29) is 29.0 Å². The third kappa shape index (κ3) is 2.35. The molecular formula is C18H26N4O3. The van der Waals surface area contributed by atoms with E-state index >= 15 is 0 Å². The topological polar surface area (TPSA) is 78.3 Å². The van der Waals surface area contributed by atoms with Crippen LogP contribution in [-0.4, -0.2) is 53.1 Å². The van der Waals surface area contributed by atoms with E-state index in [1.807, 2.05) is 11.0 Å². The number of nitrogens with zero attached hydrogens (tertiary/aromatic N) is 3. The highest BCUT2D eigenvalue weighted by molar-refractivity contribution is 5.83. The average Bonchev–Trinajstić information content (AvgIpc) is 3.25. The van der Waals surface area contributed by atoms with E-state index in [1.165, 1.54) is 6.42 Å². The lowest BCUT2D eigenvalue weighted by molar-refractivity contribution is -0.157. The van der Waals surface area contributed by atoms with Gasteiger partial charge in [-0.25, -0.2) is 9.67 Å². The minimum atomic E-state index is -0.267. The zero-order chi connectivity index (χ0) is 17.1. The zero-order valence-electron chi connectivity index (χ0n) is 14.7. The summed E-state index contributed by atoms with van der Waals surface area (Å²) >= 11 is 0. The first-order valence-corrected chi connectivity index (χ1v) is 9.39. The molecule has 1 aliphatic heterocycles. The molecular weight excluding hydrogens is 320 g/mol. The summed E-state index contributed by atoms with van der Waals surface area (Å²) in [5.74, 6) is 1.44. The van der Waals surface area contributed by atoms with Crippen LogP contribution in [0.15, 0.2) is 12.7 Å². The first-order chi connectivity index (χ1) is 12.1. The molecule has 1 N–H and O–H groups in total. The smallest absolute Gasteiger partial charge is 0.226 e. The van der Waals surface area contributed by atoms with Gasteiger partial charge >= 0.3 is 0 Å². The minimum Gasteiger partial charge on any atom is -0.377 e. The van der Waals surface area contributed by atoms with Gasteiger partial charge in [-0.1, -0.05) is 0 Å². The van der Waals surface area contributed by atoms with Gasteiger partial charge in [-0.2, -0.15) is 5.10 Å². The van der Waals surface area contributed by atoms with Crippen LogP contribution < -0.4 is 5.32 Å². The van der Waals surface area contributed by atoms with Gasteiger partial charge in [0.25, 0.3) is 0 Å². The van der Waals surface area contributed by atoms with Crippen LogP contribution in [-0.2, 0) is 19.8 Å². The quantitative estimate of drug-likeness (QED) is 0.883. The molecule has 1 aromatic heterocycles. The van der Waals surface area contributed by atoms with Gasteiger partial charge in [0.15, 0.2) is 0 Å². The Kier molecular flexibility index (Phi) is 3.47. The summed E-state index contributed by atoms with van der Waals surface area (Å²) in [4.78, 5) is 17.5. The van der Waals surface area contributed by atoms with Crippen molar-refractivity contribution < 1.29 is 14.3 Å². The SMILES string of the molecule is CO[C@H]1COC[C@@H]1NC(=O)C12CC3CC(C1)CC(n1cncn1)(C3)C2. The predicted octanol–water partition coefficient (Wildman–Crippen LogP) is 1.10. The lowest BCUT2D eigenvalue weighted by atomic mass is 9.46. The lowest BCUT2D eigenvalue weighted by Gasteiger charge is -2.61. The molecule has 2 unspecified atom stereocenters. The van der Waals surface area contributed by atoms with Gasteiger partial charge in [0, 0.05) is 7.11 Å². The molecule has 0 radical (unpaired) electrons. The van der Waals surface area contributed by atoms with Crippen LogP contribution in [0, 0.1) is 17.3 Å². The summed E-state index contributed by atoms with van der Waals surface area (Å²) in [6, 6.07) is -0.0344. The number of nitrogens with one attached hydrogen (secondary N) is 1. The highest BCUT2D eigenvalue weighted by Gasteiger charge is 2.62. The fourth-order valence-electron chi connectivity index (χ4n) is 6.42. The summed E-state index contributed by atoms with van der Waals surface area (Å²) < 4.78 is 13.0. The number of amides is 1. The molecule has 7 nitrogen and oxygen atoms in total. The Morgan fingerprint density at radius 2 is 2.08 bits per heavy atom. The Bertz CT molecular complexity index is 647. The first-order valence-electron chi connectivity index (χ1n) is 9.39. The van der Waals surface area contributed by atoms with Crippen LogP contribution >= 0.6 is 0 Å². The standard InChI is InChI=1S/C18H26N4O3/c1-24-15-8-25-7-14(15)21-16(23)17-3-12-2-13(4-17)6-18(5-12,9-17)22-11-19-10-20-22/h10-15H,2-9H2,1H3,(H,21,23)/t12?,13?,14-,15-,17?,18?/m0/s1. The first kappa shape index (κ1) is 15.8. The van der Waals surface area contributed by atoms with Gasteiger partial charge in [0.05, 0.1) is 30.2 Å². The molecule has 5 aliphatic rings. The molecule has 1 amide bonds. The molecule has 4 aliphatic carbocycles. The molecule has 2 heterocycles. The van der Waals surface area contributed by atoms with Crippen molar-refractivity contribution in [2.75, 3.05) is 20.3 Å². The lowest BCUT2D eigenvalue weighted by Crippen LogP contribution is -2.62. The Labute approximate surface area is 147 Å². The van der Waals surface area contributed by atoms with Crippen molar-refractivity contribution in [3.63, 3.8) is 0 Å². The van der Waals surface area contributed by atoms with E-state index in [0.717, 1.165) is 32.1 Å². The Balaban J connectivity index is 1.42. The van der Waals surface area contributed by atoms with Crippen LogP contribution in [0.1, 0.15) is 38.5 Å². The number of carbonyl (C=O) groups is 1. The van der Waals surface area contributed by atoms with E-state index in [2.05, 4.69) is 15.4 Å². The van der Waals surface area contributed by atoms with Crippen LogP contribution in [0.25, 0.3) is 0 Å². The van der Waals surface area contributed by atoms with Gasteiger partial charge in [0.1, 0.15) is 18.8 Å². The Hall–Kier alpha value is -1.47. The molecule has 4 saturated carbocycles. The van der Waals surface area contributed by atoms with Gasteiger partial charge in [0.2, 0.25) is 5.91 Å². The van der Waals surface area contributed by atoms with Crippen molar-refractivity contribution >= 4 is 5.91 Å². The molecule has 5 fully saturated rings. The van der Waals surface area contributed by atoms with Gasteiger partial charge in [-0.15, -0.1) is 0 Å². The second-order valence-corrected chi connectivity index (χ2v) is 8.70. The van der Waals surface area contributed by atoms with Crippen molar-refractivity contribution in [1.29, 1.82) is 0 Å². The maximum atomic E-state index is 13.4. The predicted molar refractivity (Wildman–Crippen MR) is 88.7 cm³/mol. The fraction of sp³-hybridized carbons (Fsp3) is 0.833. The van der Waals surface area contributed by atoms with Crippen LogP contribution in [0.4, 0.5) is 0 Å². The second kappa shape index (κ2) is 5.51. The number of methoxy groups -OCH3 is 1. The fourth-order valence-corrected chi connectivity index (χ4v) is 6.42. The number of hydrogen-bond acceptors (Lipinski definition) is 5. The van der Waals surface area contributed by atoms with E-state index in [9.17, 15) is 4.79 Å². The third-order valence-corrected chi connectivity index (χ3v) is 7.06. The normalized spacial score (nSPS) is 45.0. The number of carbonyl (C=O) groups excluding carboxylic acids is 1. The third-order valence-electron chi connectivity index (χ3n) is 7.06. The molecule has 1 aromatic rings. The highest BCUT2D eigenvalue weighted by Crippen LogP contribution is 2.64. The van der Waals surface area contributed by atoms with Crippen LogP contribution in [0.3, 0.4) is 0 Å². The minimum absolute atomic E-state index is 0.0231. The van der Waals surface area contributed by atoms with Crippen molar-refractivity contribution in [3.8, 4) is 0 Å². The van der Waals surface area contributed by atoms with Crippen LogP contribution in [0.5, 0.6) is 0 Å². The summed E-state index contributed by atoms with van der Waals surface area (Å²) in [5.41, 5.74) is -0.290. The average molecular weight is 346 g/mol. The maximum absolute atomic E-state index is 13.4. The largest absolute Gasteiger partial charge is 0.377 e. The molecule has 6 rings (SSSR count). The van der Waals surface area contributed by atoms with Gasteiger partial charge in [-0.3, -0.25) is 4.79 Å². The van der Waals surface area contributed by atoms with Crippen molar-refractivity contribution in [2.24, 2.45) is 17.3 Å². The van der Waals surface area contributed by atoms with Crippen LogP contribution in [0.2, 0.25) is 0 Å².